The molecular formula is C22H38N4O. The summed E-state index contributed by atoms with van der Waals surface area (Å²) in [5.74, 6) is 0.965. The summed E-state index contributed by atoms with van der Waals surface area (Å²) in [4.78, 5) is 14.2. The van der Waals surface area contributed by atoms with E-state index in [4.69, 9.17) is 4.74 Å². The molecular weight excluding hydrogens is 336 g/mol. The number of nitrogens with zero attached hydrogens (tertiary/aromatic N) is 4. The second kappa shape index (κ2) is 10.4. The fourth-order valence-electron chi connectivity index (χ4n) is 4.56. The molecule has 0 amide bonds. The van der Waals surface area contributed by atoms with Crippen LogP contribution < -0.4 is 4.90 Å². The molecule has 0 aromatic carbocycles. The Balaban J connectivity index is 1.41. The molecule has 1 aliphatic heterocycles. The van der Waals surface area contributed by atoms with Gasteiger partial charge in [0.25, 0.3) is 0 Å². The molecule has 5 nitrogen and oxygen atoms in total. The smallest absolute Gasteiger partial charge is 0.128 e. The number of piperazine rings is 1. The molecule has 2 heterocycles. The minimum Gasteiger partial charge on any atom is -0.375 e. The van der Waals surface area contributed by atoms with Gasteiger partial charge in [0.15, 0.2) is 0 Å². The number of anilines is 1. The van der Waals surface area contributed by atoms with Crippen LogP contribution in [-0.2, 0) is 11.2 Å². The number of rotatable bonds is 8. The van der Waals surface area contributed by atoms with Gasteiger partial charge in [-0.3, -0.25) is 4.90 Å². The maximum Gasteiger partial charge on any atom is 0.128 e. The topological polar surface area (TPSA) is 41.5 Å². The van der Waals surface area contributed by atoms with Crippen LogP contribution in [0.4, 0.5) is 5.69 Å². The van der Waals surface area contributed by atoms with Crippen molar-refractivity contribution in [2.24, 2.45) is 0 Å². The first kappa shape index (κ1) is 20.5. The molecule has 5 heteroatoms. The van der Waals surface area contributed by atoms with E-state index in [1.807, 2.05) is 12.4 Å². The lowest BCUT2D eigenvalue weighted by Crippen LogP contribution is -2.51. The molecule has 1 saturated carbocycles. The largest absolute Gasteiger partial charge is 0.375 e. The fourth-order valence-corrected chi connectivity index (χ4v) is 4.56. The highest BCUT2D eigenvalue weighted by molar-refractivity contribution is 5.42. The van der Waals surface area contributed by atoms with Gasteiger partial charge in [-0.25, -0.2) is 9.97 Å². The van der Waals surface area contributed by atoms with Crippen LogP contribution in [0.15, 0.2) is 12.4 Å². The van der Waals surface area contributed by atoms with Crippen molar-refractivity contribution >= 4 is 5.69 Å². The molecule has 1 saturated heterocycles. The van der Waals surface area contributed by atoms with Crippen LogP contribution in [0.3, 0.4) is 0 Å². The number of aryl methyl sites for hydroxylation is 1. The molecule has 0 bridgehead atoms. The van der Waals surface area contributed by atoms with Gasteiger partial charge in [0, 0.05) is 38.6 Å². The zero-order chi connectivity index (χ0) is 19.1. The van der Waals surface area contributed by atoms with E-state index in [2.05, 4.69) is 40.5 Å². The lowest BCUT2D eigenvalue weighted by molar-refractivity contribution is -0.0373. The molecule has 3 rings (SSSR count). The maximum absolute atomic E-state index is 6.23. The van der Waals surface area contributed by atoms with Crippen LogP contribution in [0.25, 0.3) is 0 Å². The van der Waals surface area contributed by atoms with Gasteiger partial charge in [-0.1, -0.05) is 20.3 Å². The molecule has 1 aromatic heterocycles. The summed E-state index contributed by atoms with van der Waals surface area (Å²) >= 11 is 0. The van der Waals surface area contributed by atoms with Crippen molar-refractivity contribution in [3.63, 3.8) is 0 Å². The minimum atomic E-state index is 0.422. The van der Waals surface area contributed by atoms with Gasteiger partial charge in [-0.2, -0.15) is 0 Å². The summed E-state index contributed by atoms with van der Waals surface area (Å²) in [5, 5.41) is 0. The van der Waals surface area contributed by atoms with Crippen LogP contribution in [-0.4, -0.2) is 59.3 Å². The summed E-state index contributed by atoms with van der Waals surface area (Å²) in [6.07, 6.45) is 14.4. The van der Waals surface area contributed by atoms with Crippen LogP contribution in [0, 0.1) is 0 Å². The van der Waals surface area contributed by atoms with Gasteiger partial charge in [0.1, 0.15) is 5.82 Å². The van der Waals surface area contributed by atoms with E-state index in [9.17, 15) is 0 Å². The minimum absolute atomic E-state index is 0.422. The van der Waals surface area contributed by atoms with Crippen molar-refractivity contribution < 1.29 is 4.74 Å². The molecule has 1 aliphatic carbocycles. The van der Waals surface area contributed by atoms with Gasteiger partial charge >= 0.3 is 0 Å². The summed E-state index contributed by atoms with van der Waals surface area (Å²) in [7, 11) is 0. The van der Waals surface area contributed by atoms with Gasteiger partial charge in [0.05, 0.1) is 30.3 Å². The molecule has 1 unspecified atom stereocenters. The predicted octanol–water partition coefficient (Wildman–Crippen LogP) is 4.07. The number of aromatic nitrogens is 2. The van der Waals surface area contributed by atoms with Gasteiger partial charge in [-0.05, 0) is 45.4 Å². The number of hydrogen-bond acceptors (Lipinski definition) is 5. The Hall–Kier alpha value is -1.20. The zero-order valence-electron chi connectivity index (χ0n) is 17.6. The summed E-state index contributed by atoms with van der Waals surface area (Å²) < 4.78 is 6.23. The van der Waals surface area contributed by atoms with Crippen molar-refractivity contribution in [3.05, 3.63) is 18.2 Å². The fraction of sp³-hybridized carbons (Fsp3) is 0.818. The lowest BCUT2D eigenvalue weighted by Gasteiger charge is -2.42. The molecule has 0 spiro atoms. The lowest BCUT2D eigenvalue weighted by atomic mass is 9.91. The average molecular weight is 375 g/mol. The first-order valence-electron chi connectivity index (χ1n) is 11.1. The third-order valence-corrected chi connectivity index (χ3v) is 6.12. The van der Waals surface area contributed by atoms with Crippen molar-refractivity contribution in [1.82, 2.24) is 14.9 Å². The Morgan fingerprint density at radius 1 is 1.00 bits per heavy atom. The summed E-state index contributed by atoms with van der Waals surface area (Å²) in [5.41, 5.74) is 1.18. The van der Waals surface area contributed by atoms with Crippen LogP contribution in [0.1, 0.15) is 71.5 Å². The highest BCUT2D eigenvalue weighted by Crippen LogP contribution is 2.27. The van der Waals surface area contributed by atoms with E-state index < -0.39 is 0 Å². The normalized spacial score (nSPS) is 25.5. The Morgan fingerprint density at radius 2 is 1.67 bits per heavy atom. The van der Waals surface area contributed by atoms with Crippen LogP contribution >= 0.6 is 0 Å². The van der Waals surface area contributed by atoms with E-state index in [1.165, 1.54) is 44.2 Å². The predicted molar refractivity (Wildman–Crippen MR) is 111 cm³/mol. The van der Waals surface area contributed by atoms with Crippen molar-refractivity contribution in [2.75, 3.05) is 31.1 Å². The van der Waals surface area contributed by atoms with E-state index in [0.29, 0.717) is 12.2 Å². The van der Waals surface area contributed by atoms with Crippen molar-refractivity contribution in [3.8, 4) is 0 Å². The molecule has 2 fully saturated rings. The van der Waals surface area contributed by atoms with Gasteiger partial charge < -0.3 is 9.64 Å². The zero-order valence-corrected chi connectivity index (χ0v) is 17.6. The summed E-state index contributed by atoms with van der Waals surface area (Å²) in [6.45, 7) is 11.1. The highest BCUT2D eigenvalue weighted by Gasteiger charge is 2.29. The molecule has 1 atom stereocenters. The molecule has 152 valence electrons. The molecule has 1 aromatic rings. The van der Waals surface area contributed by atoms with E-state index in [1.54, 1.807) is 0 Å². The monoisotopic (exact) mass is 374 g/mol. The Bertz CT molecular complexity index is 534. The first-order valence-corrected chi connectivity index (χ1v) is 11.1. The SMILES string of the molecule is CCCc1ncc(N2CCN([C@H]3CC[C@@H](OC(C)CCC)CC3)CC2)cn1. The van der Waals surface area contributed by atoms with Crippen molar-refractivity contribution in [2.45, 2.75) is 90.4 Å². The Morgan fingerprint density at radius 3 is 2.26 bits per heavy atom. The highest BCUT2D eigenvalue weighted by atomic mass is 16.5. The Labute approximate surface area is 165 Å². The van der Waals surface area contributed by atoms with Gasteiger partial charge in [0.2, 0.25) is 0 Å². The summed E-state index contributed by atoms with van der Waals surface area (Å²) in [6, 6.07) is 0.747. The third kappa shape index (κ3) is 5.89. The van der Waals surface area contributed by atoms with E-state index in [0.717, 1.165) is 50.9 Å². The van der Waals surface area contributed by atoms with Crippen LogP contribution in [0.2, 0.25) is 0 Å². The van der Waals surface area contributed by atoms with Crippen LogP contribution in [0.5, 0.6) is 0 Å². The average Bonchev–Trinajstić information content (AvgIpc) is 2.70. The standard InChI is InChI=1S/C22H38N4O/c1-4-6-18(3)27-21-10-8-19(9-11-21)25-12-14-26(15-13-25)20-16-23-22(7-5-2)24-17-20/h16-19,21H,4-15H2,1-3H3/t18?,19-,21+. The second-order valence-electron chi connectivity index (χ2n) is 8.30. The molecule has 27 heavy (non-hydrogen) atoms. The number of hydrogen-bond donors (Lipinski definition) is 0. The molecule has 2 aliphatic rings. The third-order valence-electron chi connectivity index (χ3n) is 6.12. The van der Waals surface area contributed by atoms with Gasteiger partial charge in [-0.15, -0.1) is 0 Å². The molecule has 0 radical (unpaired) electrons. The second-order valence-corrected chi connectivity index (χ2v) is 8.30. The van der Waals surface area contributed by atoms with E-state index >= 15 is 0 Å². The van der Waals surface area contributed by atoms with E-state index in [-0.39, 0.29) is 0 Å². The maximum atomic E-state index is 6.23. The molecule has 0 N–H and O–H groups in total. The van der Waals surface area contributed by atoms with Crippen molar-refractivity contribution in [1.29, 1.82) is 0 Å². The number of ether oxygens (including phenoxy) is 1. The Kier molecular flexibility index (Phi) is 7.89. The first-order chi connectivity index (χ1) is 13.2. The quantitative estimate of drug-likeness (QED) is 0.686.